The summed E-state index contributed by atoms with van der Waals surface area (Å²) < 4.78 is 0. The molecule has 0 aliphatic carbocycles. The van der Waals surface area contributed by atoms with E-state index < -0.39 is 0 Å². The highest BCUT2D eigenvalue weighted by Gasteiger charge is 2.13. The molecule has 0 amide bonds. The molecule has 0 aromatic carbocycles. The van der Waals surface area contributed by atoms with Gasteiger partial charge in [0.2, 0.25) is 0 Å². The van der Waals surface area contributed by atoms with Crippen LogP contribution in [-0.4, -0.2) is 49.1 Å². The number of likely N-dealkylation sites (N-methyl/N-ethyl adjacent to an activating group) is 1. The molecule has 0 saturated carbocycles. The van der Waals surface area contributed by atoms with Crippen LogP contribution in [0.15, 0.2) is 0 Å². The zero-order chi connectivity index (χ0) is 10.2. The molecule has 0 unspecified atom stereocenters. The fourth-order valence-electron chi connectivity index (χ4n) is 1.69. The summed E-state index contributed by atoms with van der Waals surface area (Å²) >= 11 is 2.08. The minimum atomic E-state index is 0.791. The summed E-state index contributed by atoms with van der Waals surface area (Å²) in [6.07, 6.45) is 4.00. The van der Waals surface area contributed by atoms with E-state index in [1.807, 2.05) is 0 Å². The lowest BCUT2D eigenvalue weighted by Crippen LogP contribution is -2.36. The van der Waals surface area contributed by atoms with Crippen molar-refractivity contribution in [1.29, 1.82) is 0 Å². The van der Waals surface area contributed by atoms with Crippen LogP contribution in [0.1, 0.15) is 26.2 Å². The lowest BCUT2D eigenvalue weighted by atomic mass is 10.2. The highest BCUT2D eigenvalue weighted by molar-refractivity contribution is 7.99. The van der Waals surface area contributed by atoms with E-state index >= 15 is 0 Å². The summed E-state index contributed by atoms with van der Waals surface area (Å²) in [4.78, 5) is 2.43. The van der Waals surface area contributed by atoms with Crippen LogP contribution in [0.4, 0.5) is 0 Å². The Morgan fingerprint density at radius 1 is 1.43 bits per heavy atom. The Kier molecular flexibility index (Phi) is 6.65. The second-order valence-electron chi connectivity index (χ2n) is 4.17. The third-order valence-electron chi connectivity index (χ3n) is 2.75. The van der Waals surface area contributed by atoms with Gasteiger partial charge in [0.15, 0.2) is 0 Å². The van der Waals surface area contributed by atoms with Gasteiger partial charge < -0.3 is 10.2 Å². The van der Waals surface area contributed by atoms with Crippen molar-refractivity contribution >= 4 is 11.8 Å². The van der Waals surface area contributed by atoms with Gasteiger partial charge in [-0.05, 0) is 32.2 Å². The molecule has 0 aromatic heterocycles. The Balaban J connectivity index is 1.91. The molecule has 0 radical (unpaired) electrons. The minimum absolute atomic E-state index is 0.791. The second-order valence-corrected chi connectivity index (χ2v) is 5.32. The summed E-state index contributed by atoms with van der Waals surface area (Å²) in [5, 5.41) is 3.63. The van der Waals surface area contributed by atoms with E-state index in [-0.39, 0.29) is 0 Å². The highest BCUT2D eigenvalue weighted by Crippen LogP contribution is 2.16. The Labute approximate surface area is 92.8 Å². The van der Waals surface area contributed by atoms with E-state index in [4.69, 9.17) is 0 Å². The molecular formula is C11H24N2S. The van der Waals surface area contributed by atoms with E-state index in [0.717, 1.165) is 12.6 Å². The average molecular weight is 216 g/mol. The molecule has 1 rings (SSSR count). The average Bonchev–Trinajstić information content (AvgIpc) is 2.67. The normalized spacial score (nSPS) is 22.1. The van der Waals surface area contributed by atoms with Crippen LogP contribution in [0.2, 0.25) is 0 Å². The molecule has 84 valence electrons. The molecule has 2 nitrogen and oxygen atoms in total. The largest absolute Gasteiger partial charge is 0.312 e. The van der Waals surface area contributed by atoms with Gasteiger partial charge in [-0.25, -0.2) is 0 Å². The second kappa shape index (κ2) is 7.55. The first kappa shape index (κ1) is 12.3. The maximum atomic E-state index is 3.63. The summed E-state index contributed by atoms with van der Waals surface area (Å²) in [6.45, 7) is 5.85. The van der Waals surface area contributed by atoms with Crippen molar-refractivity contribution in [1.82, 2.24) is 10.2 Å². The monoisotopic (exact) mass is 216 g/mol. The van der Waals surface area contributed by atoms with Gasteiger partial charge in [-0.1, -0.05) is 13.3 Å². The number of hydrogen-bond acceptors (Lipinski definition) is 3. The fraction of sp³-hybridized carbons (Fsp3) is 1.00. The number of hydrogen-bond donors (Lipinski definition) is 1. The van der Waals surface area contributed by atoms with E-state index in [1.165, 1.54) is 43.9 Å². The van der Waals surface area contributed by atoms with Crippen LogP contribution in [0.5, 0.6) is 0 Å². The molecule has 1 N–H and O–H groups in total. The standard InChI is InChI=1S/C11H24N2S/c1-3-4-7-13(2)8-6-12-11-5-9-14-10-11/h11-12H,3-10H2,1-2H3/t11-/m0/s1. The molecule has 1 atom stereocenters. The van der Waals surface area contributed by atoms with Crippen molar-refractivity contribution in [2.45, 2.75) is 32.2 Å². The predicted molar refractivity (Wildman–Crippen MR) is 66.1 cm³/mol. The maximum Gasteiger partial charge on any atom is 0.0166 e. The first-order valence-corrected chi connectivity index (χ1v) is 6.98. The van der Waals surface area contributed by atoms with Gasteiger partial charge in [0.25, 0.3) is 0 Å². The number of nitrogens with one attached hydrogen (secondary N) is 1. The van der Waals surface area contributed by atoms with Gasteiger partial charge in [-0.15, -0.1) is 0 Å². The first-order chi connectivity index (χ1) is 6.83. The Morgan fingerprint density at radius 2 is 2.29 bits per heavy atom. The van der Waals surface area contributed by atoms with Gasteiger partial charge in [0.05, 0.1) is 0 Å². The van der Waals surface area contributed by atoms with Crippen molar-refractivity contribution in [3.05, 3.63) is 0 Å². The number of nitrogens with zero attached hydrogens (tertiary/aromatic N) is 1. The summed E-state index contributed by atoms with van der Waals surface area (Å²) in [6, 6.07) is 0.791. The van der Waals surface area contributed by atoms with E-state index in [1.54, 1.807) is 0 Å². The molecule has 0 aromatic rings. The quantitative estimate of drug-likeness (QED) is 0.699. The molecule has 1 aliphatic rings. The molecule has 0 bridgehead atoms. The molecule has 3 heteroatoms. The van der Waals surface area contributed by atoms with E-state index in [0.29, 0.717) is 0 Å². The van der Waals surface area contributed by atoms with E-state index in [2.05, 4.69) is 35.9 Å². The highest BCUT2D eigenvalue weighted by atomic mass is 32.2. The topological polar surface area (TPSA) is 15.3 Å². The third-order valence-corrected chi connectivity index (χ3v) is 3.91. The maximum absolute atomic E-state index is 3.63. The Bertz CT molecular complexity index is 135. The molecule has 1 heterocycles. The van der Waals surface area contributed by atoms with Crippen LogP contribution in [0, 0.1) is 0 Å². The minimum Gasteiger partial charge on any atom is -0.312 e. The number of unbranched alkanes of at least 4 members (excludes halogenated alkanes) is 1. The van der Waals surface area contributed by atoms with Crippen LogP contribution in [0.3, 0.4) is 0 Å². The molecule has 1 fully saturated rings. The smallest absolute Gasteiger partial charge is 0.0166 e. The van der Waals surface area contributed by atoms with Gasteiger partial charge in [-0.3, -0.25) is 0 Å². The van der Waals surface area contributed by atoms with Crippen molar-refractivity contribution < 1.29 is 0 Å². The Morgan fingerprint density at radius 3 is 2.93 bits per heavy atom. The van der Waals surface area contributed by atoms with Gasteiger partial charge >= 0.3 is 0 Å². The lowest BCUT2D eigenvalue weighted by molar-refractivity contribution is 0.320. The first-order valence-electron chi connectivity index (χ1n) is 5.82. The van der Waals surface area contributed by atoms with Crippen LogP contribution in [-0.2, 0) is 0 Å². The molecular weight excluding hydrogens is 192 g/mol. The number of thioether (sulfide) groups is 1. The Hall–Kier alpha value is 0.270. The predicted octanol–water partition coefficient (Wildman–Crippen LogP) is 1.81. The van der Waals surface area contributed by atoms with Gasteiger partial charge in [0.1, 0.15) is 0 Å². The van der Waals surface area contributed by atoms with Crippen molar-refractivity contribution in [3.63, 3.8) is 0 Å². The zero-order valence-corrected chi connectivity index (χ0v) is 10.4. The van der Waals surface area contributed by atoms with Gasteiger partial charge in [-0.2, -0.15) is 11.8 Å². The number of rotatable bonds is 7. The van der Waals surface area contributed by atoms with Crippen LogP contribution < -0.4 is 5.32 Å². The molecule has 0 spiro atoms. The SMILES string of the molecule is CCCCN(C)CCN[C@H]1CCSC1. The van der Waals surface area contributed by atoms with Crippen molar-refractivity contribution in [3.8, 4) is 0 Å². The van der Waals surface area contributed by atoms with Crippen LogP contribution in [0.25, 0.3) is 0 Å². The lowest BCUT2D eigenvalue weighted by Gasteiger charge is -2.18. The summed E-state index contributed by atoms with van der Waals surface area (Å²) in [7, 11) is 2.22. The summed E-state index contributed by atoms with van der Waals surface area (Å²) in [5.41, 5.74) is 0. The van der Waals surface area contributed by atoms with Gasteiger partial charge in [0, 0.05) is 24.9 Å². The third kappa shape index (κ3) is 5.23. The van der Waals surface area contributed by atoms with Crippen LogP contribution >= 0.6 is 11.8 Å². The zero-order valence-electron chi connectivity index (χ0n) is 9.59. The molecule has 14 heavy (non-hydrogen) atoms. The summed E-state index contributed by atoms with van der Waals surface area (Å²) in [5.74, 6) is 2.67. The molecule has 1 aliphatic heterocycles. The van der Waals surface area contributed by atoms with Crippen molar-refractivity contribution in [2.75, 3.05) is 38.2 Å². The van der Waals surface area contributed by atoms with E-state index in [9.17, 15) is 0 Å². The molecule has 1 saturated heterocycles. The fourth-order valence-corrected chi connectivity index (χ4v) is 2.88. The van der Waals surface area contributed by atoms with Crippen molar-refractivity contribution in [2.24, 2.45) is 0 Å².